The number of carbonyl (C=O) groups excluding carboxylic acids is 1. The fourth-order valence-corrected chi connectivity index (χ4v) is 4.47. The van der Waals surface area contributed by atoms with E-state index < -0.39 is 11.7 Å². The number of carbonyl (C=O) groups is 1. The molecule has 1 N–H and O–H groups in total. The molecule has 4 rings (SSSR count). The molecule has 0 unspecified atom stereocenters. The number of rotatable bonds is 6. The van der Waals surface area contributed by atoms with Gasteiger partial charge in [-0.05, 0) is 61.9 Å². The molecule has 3 aromatic rings. The van der Waals surface area contributed by atoms with Crippen molar-refractivity contribution in [2.45, 2.75) is 71.1 Å². The Morgan fingerprint density at radius 1 is 1.09 bits per heavy atom. The molecule has 0 bridgehead atoms. The number of alkyl halides is 3. The minimum atomic E-state index is -4.42. The molecule has 0 saturated heterocycles. The van der Waals surface area contributed by atoms with Gasteiger partial charge in [-0.1, -0.05) is 25.5 Å². The van der Waals surface area contributed by atoms with Gasteiger partial charge in [0.25, 0.3) is 11.7 Å². The number of aryl methyl sites for hydroxylation is 2. The van der Waals surface area contributed by atoms with Crippen LogP contribution in [0.25, 0.3) is 11.0 Å². The summed E-state index contributed by atoms with van der Waals surface area (Å²) in [6.45, 7) is 2.89. The van der Waals surface area contributed by atoms with Crippen LogP contribution in [0.15, 0.2) is 42.5 Å². The van der Waals surface area contributed by atoms with Crippen LogP contribution in [-0.2, 0) is 36.9 Å². The molecule has 1 aliphatic rings. The predicted molar refractivity (Wildman–Crippen MR) is 118 cm³/mol. The molecule has 2 heterocycles. The van der Waals surface area contributed by atoms with Crippen molar-refractivity contribution in [1.82, 2.24) is 4.57 Å². The van der Waals surface area contributed by atoms with Crippen LogP contribution in [-0.4, -0.2) is 10.5 Å². The van der Waals surface area contributed by atoms with E-state index in [4.69, 9.17) is 0 Å². The average Bonchev–Trinajstić information content (AvgIpc) is 2.91. The molecular formula is C25H29ClF3N3O. The number of imidazole rings is 1. The lowest BCUT2D eigenvalue weighted by atomic mass is 10.1. The van der Waals surface area contributed by atoms with Gasteiger partial charge in [-0.3, -0.25) is 4.79 Å². The monoisotopic (exact) mass is 479 g/mol. The second-order valence-corrected chi connectivity index (χ2v) is 8.51. The van der Waals surface area contributed by atoms with Crippen LogP contribution in [0.5, 0.6) is 0 Å². The highest BCUT2D eigenvalue weighted by atomic mass is 35.5. The number of nitrogens with one attached hydrogen (secondary N) is 1. The number of unbranched alkanes of at least 4 members (excludes halogenated alkanes) is 1. The average molecular weight is 480 g/mol. The number of hydrogen-bond acceptors (Lipinski definition) is 1. The number of aromatic nitrogens is 2. The summed E-state index contributed by atoms with van der Waals surface area (Å²) in [6, 6.07) is 11.6. The van der Waals surface area contributed by atoms with Crippen molar-refractivity contribution in [3.05, 3.63) is 59.4 Å². The summed E-state index contributed by atoms with van der Waals surface area (Å²) in [5.41, 5.74) is 2.44. The van der Waals surface area contributed by atoms with Gasteiger partial charge in [0.1, 0.15) is 0 Å². The van der Waals surface area contributed by atoms with E-state index in [0.29, 0.717) is 11.2 Å². The summed E-state index contributed by atoms with van der Waals surface area (Å²) in [4.78, 5) is 12.9. The molecule has 33 heavy (non-hydrogen) atoms. The lowest BCUT2D eigenvalue weighted by Crippen LogP contribution is -3.00. The van der Waals surface area contributed by atoms with Gasteiger partial charge < -0.3 is 17.7 Å². The van der Waals surface area contributed by atoms with Crippen LogP contribution in [0.1, 0.15) is 56.0 Å². The van der Waals surface area contributed by atoms with E-state index in [0.717, 1.165) is 68.9 Å². The Hall–Kier alpha value is -2.54. The third-order valence-corrected chi connectivity index (χ3v) is 6.15. The van der Waals surface area contributed by atoms with Crippen molar-refractivity contribution in [3.8, 4) is 0 Å². The molecule has 0 spiro atoms. The van der Waals surface area contributed by atoms with Crippen molar-refractivity contribution in [2.24, 2.45) is 0 Å². The Labute approximate surface area is 198 Å². The highest BCUT2D eigenvalue weighted by Gasteiger charge is 2.34. The van der Waals surface area contributed by atoms with Gasteiger partial charge in [-0.25, -0.2) is 9.13 Å². The molecule has 178 valence electrons. The van der Waals surface area contributed by atoms with Gasteiger partial charge in [0.15, 0.2) is 17.6 Å². The quantitative estimate of drug-likeness (QED) is 0.542. The van der Waals surface area contributed by atoms with Gasteiger partial charge in [-0.15, -0.1) is 0 Å². The Balaban J connectivity index is 0.00000306. The molecule has 0 atom stereocenters. The van der Waals surface area contributed by atoms with Crippen molar-refractivity contribution in [3.63, 3.8) is 0 Å². The number of nitrogens with zero attached hydrogens (tertiary/aromatic N) is 2. The lowest BCUT2D eigenvalue weighted by Gasteiger charge is -2.08. The van der Waals surface area contributed by atoms with Crippen molar-refractivity contribution in [1.29, 1.82) is 0 Å². The lowest BCUT2D eigenvalue weighted by molar-refractivity contribution is -0.678. The van der Waals surface area contributed by atoms with Crippen molar-refractivity contribution < 1.29 is 34.9 Å². The number of hydrogen-bond donors (Lipinski definition) is 1. The highest BCUT2D eigenvalue weighted by Crippen LogP contribution is 2.32. The third kappa shape index (κ3) is 5.69. The first-order valence-corrected chi connectivity index (χ1v) is 11.4. The SMILES string of the molecule is CCCCc1ccc(NC(=O)Cn2c3[n+](c4ccc(C(F)(F)F)cc42)CCCCC3)cc1.[Cl-]. The Bertz CT molecular complexity index is 1110. The summed E-state index contributed by atoms with van der Waals surface area (Å²) in [5, 5.41) is 2.90. The minimum Gasteiger partial charge on any atom is -1.00 e. The van der Waals surface area contributed by atoms with Crippen LogP contribution in [0.3, 0.4) is 0 Å². The maximum Gasteiger partial charge on any atom is 0.416 e. The summed E-state index contributed by atoms with van der Waals surface area (Å²) in [6.07, 6.45) is 2.59. The molecule has 0 fully saturated rings. The minimum absolute atomic E-state index is 0. The number of anilines is 1. The summed E-state index contributed by atoms with van der Waals surface area (Å²) >= 11 is 0. The van der Waals surface area contributed by atoms with E-state index in [-0.39, 0.29) is 24.9 Å². The molecule has 0 saturated carbocycles. The Kier molecular flexibility index (Phi) is 8.05. The first-order valence-electron chi connectivity index (χ1n) is 11.4. The van der Waals surface area contributed by atoms with Crippen LogP contribution in [0.2, 0.25) is 0 Å². The summed E-state index contributed by atoms with van der Waals surface area (Å²) in [5.74, 6) is 0.676. The molecule has 2 aromatic carbocycles. The van der Waals surface area contributed by atoms with E-state index in [1.54, 1.807) is 4.57 Å². The van der Waals surface area contributed by atoms with Crippen molar-refractivity contribution in [2.75, 3.05) is 5.32 Å². The first-order chi connectivity index (χ1) is 15.4. The van der Waals surface area contributed by atoms with Gasteiger partial charge in [0.2, 0.25) is 0 Å². The molecule has 1 aliphatic heterocycles. The van der Waals surface area contributed by atoms with Crippen LogP contribution in [0.4, 0.5) is 18.9 Å². The summed E-state index contributed by atoms with van der Waals surface area (Å²) < 4.78 is 43.9. The topological polar surface area (TPSA) is 37.9 Å². The Morgan fingerprint density at radius 2 is 1.85 bits per heavy atom. The fraction of sp³-hybridized carbons (Fsp3) is 0.440. The second kappa shape index (κ2) is 10.6. The first kappa shape index (κ1) is 25.1. The van der Waals surface area contributed by atoms with Crippen LogP contribution >= 0.6 is 0 Å². The molecule has 4 nitrogen and oxygen atoms in total. The highest BCUT2D eigenvalue weighted by molar-refractivity contribution is 5.91. The number of benzene rings is 2. The van der Waals surface area contributed by atoms with Gasteiger partial charge in [0, 0.05) is 18.2 Å². The van der Waals surface area contributed by atoms with E-state index >= 15 is 0 Å². The second-order valence-electron chi connectivity index (χ2n) is 8.51. The third-order valence-electron chi connectivity index (χ3n) is 6.15. The number of fused-ring (bicyclic) bond motifs is 3. The maximum atomic E-state index is 13.4. The number of halogens is 4. The van der Waals surface area contributed by atoms with E-state index in [2.05, 4.69) is 16.8 Å². The summed E-state index contributed by atoms with van der Waals surface area (Å²) in [7, 11) is 0. The standard InChI is InChI=1S/C25H28F3N3O.ClH/c1-2-3-7-18-9-12-20(13-10-18)29-23(32)17-31-22-16-19(25(26,27)28)11-14-21(22)30-15-6-4-5-8-24(30)31;/h9-14,16H,2-8,15,17H2,1H3;1H. The molecule has 1 amide bonds. The Morgan fingerprint density at radius 3 is 2.55 bits per heavy atom. The smallest absolute Gasteiger partial charge is 0.416 e. The van der Waals surface area contributed by atoms with Gasteiger partial charge >= 0.3 is 6.18 Å². The zero-order valence-electron chi connectivity index (χ0n) is 18.7. The normalized spacial score (nSPS) is 13.8. The van der Waals surface area contributed by atoms with Gasteiger partial charge in [-0.2, -0.15) is 13.2 Å². The maximum absolute atomic E-state index is 13.4. The predicted octanol–water partition coefficient (Wildman–Crippen LogP) is 2.66. The van der Waals surface area contributed by atoms with Crippen molar-refractivity contribution >= 4 is 22.6 Å². The molecular weight excluding hydrogens is 451 g/mol. The zero-order chi connectivity index (χ0) is 22.7. The van der Waals surface area contributed by atoms with E-state index in [9.17, 15) is 18.0 Å². The largest absolute Gasteiger partial charge is 1.00 e. The molecule has 8 heteroatoms. The molecule has 1 aromatic heterocycles. The molecule has 0 aliphatic carbocycles. The van der Waals surface area contributed by atoms with E-state index in [1.165, 1.54) is 17.7 Å². The van der Waals surface area contributed by atoms with Crippen LogP contribution in [0, 0.1) is 0 Å². The van der Waals surface area contributed by atoms with Gasteiger partial charge in [0.05, 0.1) is 12.1 Å². The van der Waals surface area contributed by atoms with Crippen LogP contribution < -0.4 is 22.3 Å². The zero-order valence-corrected chi connectivity index (χ0v) is 19.5. The molecule has 0 radical (unpaired) electrons. The number of amides is 1. The fourth-order valence-electron chi connectivity index (χ4n) is 4.47. The van der Waals surface area contributed by atoms with E-state index in [1.807, 2.05) is 24.3 Å².